The molecule has 7 nitrogen and oxygen atoms in total. The maximum atomic E-state index is 11.7. The molecule has 3 N–H and O–H groups in total. The van der Waals surface area contributed by atoms with Gasteiger partial charge in [0.25, 0.3) is 5.91 Å². The van der Waals surface area contributed by atoms with Gasteiger partial charge in [0, 0.05) is 12.6 Å². The first-order valence-corrected chi connectivity index (χ1v) is 6.34. The van der Waals surface area contributed by atoms with E-state index in [1.54, 1.807) is 11.4 Å². The van der Waals surface area contributed by atoms with Gasteiger partial charge in [-0.15, -0.1) is 0 Å². The van der Waals surface area contributed by atoms with Crippen molar-refractivity contribution in [1.29, 1.82) is 0 Å². The molecule has 0 saturated carbocycles. The summed E-state index contributed by atoms with van der Waals surface area (Å²) in [5, 5.41) is 26.4. The molecule has 2 aromatic heterocycles. The number of amides is 1. The van der Waals surface area contributed by atoms with Crippen LogP contribution < -0.4 is 5.32 Å². The largest absolute Gasteiger partial charge is 0.387 e. The van der Waals surface area contributed by atoms with Crippen LogP contribution in [0.5, 0.6) is 0 Å². The minimum atomic E-state index is -0.792. The zero-order chi connectivity index (χ0) is 13.8. The zero-order valence-corrected chi connectivity index (χ0v) is 10.5. The van der Waals surface area contributed by atoms with E-state index in [0.717, 1.165) is 5.56 Å². The predicted molar refractivity (Wildman–Crippen MR) is 69.1 cm³/mol. The molecule has 0 aliphatic carbocycles. The third kappa shape index (κ3) is 3.18. The van der Waals surface area contributed by atoms with E-state index in [-0.39, 0.29) is 18.1 Å². The molecular weight excluding hydrogens is 270 g/mol. The fourth-order valence-electron chi connectivity index (χ4n) is 1.49. The lowest BCUT2D eigenvalue weighted by Crippen LogP contribution is -2.28. The number of carbonyl (C=O) groups excluding carboxylic acids is 1. The molecule has 2 rings (SSSR count). The van der Waals surface area contributed by atoms with Crippen LogP contribution in [0.3, 0.4) is 0 Å². The molecule has 8 heteroatoms. The number of nitro groups is 1. The summed E-state index contributed by atoms with van der Waals surface area (Å²) in [7, 11) is 0. The highest BCUT2D eigenvalue weighted by molar-refractivity contribution is 7.07. The van der Waals surface area contributed by atoms with E-state index in [1.807, 2.05) is 5.38 Å². The number of hydrogen-bond acceptors (Lipinski definition) is 5. The molecule has 0 radical (unpaired) electrons. The number of rotatable bonds is 5. The van der Waals surface area contributed by atoms with Gasteiger partial charge in [-0.25, -0.2) is 4.98 Å². The van der Waals surface area contributed by atoms with Crippen LogP contribution in [0.2, 0.25) is 0 Å². The van der Waals surface area contributed by atoms with Crippen molar-refractivity contribution in [2.45, 2.75) is 6.10 Å². The second-order valence-corrected chi connectivity index (χ2v) is 4.58. The molecule has 0 saturated heterocycles. The summed E-state index contributed by atoms with van der Waals surface area (Å²) < 4.78 is 0. The van der Waals surface area contributed by atoms with Crippen LogP contribution in [0.15, 0.2) is 29.0 Å². The lowest BCUT2D eigenvalue weighted by atomic mass is 10.2. The minimum absolute atomic E-state index is 0.0440. The monoisotopic (exact) mass is 281 g/mol. The smallest absolute Gasteiger partial charge is 0.321 e. The number of nitrogens with one attached hydrogen (secondary N) is 2. The average molecular weight is 281 g/mol. The standard InChI is InChI=1S/C11H11N3O4S/c15-9(7-3-4-19-6-7)5-12-11(16)8-1-2-10(13-8)14(17)18/h1-4,6,9,13,15H,5H2,(H,12,16). The number of hydrogen-bond donors (Lipinski definition) is 3. The van der Waals surface area contributed by atoms with Crippen molar-refractivity contribution in [2.75, 3.05) is 6.54 Å². The zero-order valence-electron chi connectivity index (χ0n) is 9.70. The Morgan fingerprint density at radius 2 is 2.32 bits per heavy atom. The van der Waals surface area contributed by atoms with Crippen LogP contribution in [0, 0.1) is 10.1 Å². The van der Waals surface area contributed by atoms with E-state index in [4.69, 9.17) is 0 Å². The second kappa shape index (κ2) is 5.63. The number of aromatic amines is 1. The summed E-state index contributed by atoms with van der Waals surface area (Å²) in [6, 6.07) is 4.30. The van der Waals surface area contributed by atoms with E-state index in [0.29, 0.717) is 0 Å². The maximum absolute atomic E-state index is 11.7. The summed E-state index contributed by atoms with van der Waals surface area (Å²) >= 11 is 1.45. The molecule has 0 bridgehead atoms. The Morgan fingerprint density at radius 1 is 1.53 bits per heavy atom. The summed E-state index contributed by atoms with van der Waals surface area (Å²) in [4.78, 5) is 23.9. The van der Waals surface area contributed by atoms with Gasteiger partial charge >= 0.3 is 5.82 Å². The summed E-state index contributed by atoms with van der Waals surface area (Å²) in [6.45, 7) is 0.0440. The van der Waals surface area contributed by atoms with Gasteiger partial charge in [0.15, 0.2) is 5.69 Å². The van der Waals surface area contributed by atoms with Gasteiger partial charge in [0.1, 0.15) is 0 Å². The summed E-state index contributed by atoms with van der Waals surface area (Å²) in [5.74, 6) is -0.745. The third-order valence-electron chi connectivity index (χ3n) is 2.50. The molecule has 1 atom stereocenters. The van der Waals surface area contributed by atoms with Crippen LogP contribution in [-0.2, 0) is 0 Å². The Bertz CT molecular complexity index is 579. The number of aliphatic hydroxyl groups is 1. The van der Waals surface area contributed by atoms with Gasteiger partial charge in [-0.05, 0) is 33.4 Å². The van der Waals surface area contributed by atoms with Gasteiger partial charge in [-0.2, -0.15) is 11.3 Å². The van der Waals surface area contributed by atoms with Gasteiger partial charge in [0.05, 0.1) is 6.10 Å². The number of thiophene rings is 1. The molecule has 0 aliphatic rings. The number of H-pyrrole nitrogens is 1. The first-order valence-electron chi connectivity index (χ1n) is 5.39. The lowest BCUT2D eigenvalue weighted by Gasteiger charge is -2.08. The highest BCUT2D eigenvalue weighted by Gasteiger charge is 2.16. The number of nitrogens with zero attached hydrogens (tertiary/aromatic N) is 1. The molecule has 100 valence electrons. The quantitative estimate of drug-likeness (QED) is 0.569. The fourth-order valence-corrected chi connectivity index (χ4v) is 2.20. The molecule has 1 amide bonds. The molecule has 2 heterocycles. The van der Waals surface area contributed by atoms with Crippen molar-refractivity contribution in [3.05, 3.63) is 50.3 Å². The average Bonchev–Trinajstić information content (AvgIpc) is 3.05. The van der Waals surface area contributed by atoms with Crippen molar-refractivity contribution in [3.63, 3.8) is 0 Å². The summed E-state index contributed by atoms with van der Waals surface area (Å²) in [5.41, 5.74) is 0.812. The van der Waals surface area contributed by atoms with Crippen LogP contribution in [0.1, 0.15) is 22.2 Å². The predicted octanol–water partition coefficient (Wildman–Crippen LogP) is 1.45. The number of carbonyl (C=O) groups is 1. The van der Waals surface area contributed by atoms with Gasteiger partial charge in [-0.1, -0.05) is 0 Å². The Labute approximate surface area is 112 Å². The Morgan fingerprint density at radius 3 is 2.89 bits per heavy atom. The molecule has 2 aromatic rings. The topological polar surface area (TPSA) is 108 Å². The molecule has 0 spiro atoms. The number of aliphatic hydroxyl groups excluding tert-OH is 1. The fraction of sp³-hybridized carbons (Fsp3) is 0.182. The van der Waals surface area contributed by atoms with E-state index in [2.05, 4.69) is 10.3 Å². The first-order chi connectivity index (χ1) is 9.08. The molecule has 0 aliphatic heterocycles. The van der Waals surface area contributed by atoms with Crippen molar-refractivity contribution >= 4 is 23.1 Å². The number of aromatic nitrogens is 1. The van der Waals surface area contributed by atoms with Crippen LogP contribution >= 0.6 is 11.3 Å². The van der Waals surface area contributed by atoms with E-state index < -0.39 is 16.9 Å². The molecule has 0 aromatic carbocycles. The first kappa shape index (κ1) is 13.2. The highest BCUT2D eigenvalue weighted by atomic mass is 32.1. The Hall–Kier alpha value is -2.19. The highest BCUT2D eigenvalue weighted by Crippen LogP contribution is 2.15. The van der Waals surface area contributed by atoms with Crippen molar-refractivity contribution < 1.29 is 14.8 Å². The van der Waals surface area contributed by atoms with Crippen molar-refractivity contribution in [1.82, 2.24) is 10.3 Å². The van der Waals surface area contributed by atoms with Crippen LogP contribution in [-0.4, -0.2) is 27.5 Å². The van der Waals surface area contributed by atoms with Gasteiger partial charge < -0.3 is 20.5 Å². The SMILES string of the molecule is O=C(NCC(O)c1ccsc1)c1ccc([N+](=O)[O-])[nH]1. The van der Waals surface area contributed by atoms with Crippen molar-refractivity contribution in [3.8, 4) is 0 Å². The van der Waals surface area contributed by atoms with Crippen molar-refractivity contribution in [2.24, 2.45) is 0 Å². The third-order valence-corrected chi connectivity index (χ3v) is 3.20. The Balaban J connectivity index is 1.92. The maximum Gasteiger partial charge on any atom is 0.321 e. The summed E-state index contributed by atoms with van der Waals surface area (Å²) in [6.07, 6.45) is -0.792. The molecular formula is C11H11N3O4S. The van der Waals surface area contributed by atoms with E-state index in [1.165, 1.54) is 23.5 Å². The molecule has 19 heavy (non-hydrogen) atoms. The van der Waals surface area contributed by atoms with Crippen LogP contribution in [0.25, 0.3) is 0 Å². The normalized spacial score (nSPS) is 12.1. The Kier molecular flexibility index (Phi) is 3.93. The van der Waals surface area contributed by atoms with Crippen LogP contribution in [0.4, 0.5) is 5.82 Å². The lowest BCUT2D eigenvalue weighted by molar-refractivity contribution is -0.389. The molecule has 0 fully saturated rings. The minimum Gasteiger partial charge on any atom is -0.387 e. The van der Waals surface area contributed by atoms with Gasteiger partial charge in [0.2, 0.25) is 0 Å². The van der Waals surface area contributed by atoms with E-state index in [9.17, 15) is 20.0 Å². The molecule has 1 unspecified atom stereocenters. The van der Waals surface area contributed by atoms with E-state index >= 15 is 0 Å². The van der Waals surface area contributed by atoms with Gasteiger partial charge in [-0.3, -0.25) is 4.79 Å². The second-order valence-electron chi connectivity index (χ2n) is 3.80.